The van der Waals surface area contributed by atoms with E-state index in [-0.39, 0.29) is 29.7 Å². The van der Waals surface area contributed by atoms with Crippen LogP contribution in [0.3, 0.4) is 0 Å². The lowest BCUT2D eigenvalue weighted by Crippen LogP contribution is -2.33. The van der Waals surface area contributed by atoms with E-state index in [9.17, 15) is 22.8 Å². The quantitative estimate of drug-likeness (QED) is 0.332. The van der Waals surface area contributed by atoms with Crippen LogP contribution in [0.5, 0.6) is 5.75 Å². The summed E-state index contributed by atoms with van der Waals surface area (Å²) < 4.78 is 36.6. The average molecular weight is 417 g/mol. The fraction of sp³-hybridized carbons (Fsp3) is 0.250. The first kappa shape index (κ1) is 20.7. The van der Waals surface area contributed by atoms with Crippen molar-refractivity contribution in [2.24, 2.45) is 0 Å². The maximum Gasteiger partial charge on any atom is 0.343 e. The number of ether oxygens (including phenoxy) is 1. The number of fused-ring (bicyclic) bond motifs is 1. The van der Waals surface area contributed by atoms with E-state index in [1.165, 1.54) is 25.1 Å². The molecule has 2 amide bonds. The predicted octanol–water partition coefficient (Wildman–Crippen LogP) is 2.48. The number of hydrogen-bond donors (Lipinski definition) is 1. The fourth-order valence-electron chi connectivity index (χ4n) is 2.85. The van der Waals surface area contributed by atoms with Crippen LogP contribution in [0, 0.1) is 6.92 Å². The van der Waals surface area contributed by atoms with E-state index < -0.39 is 33.2 Å². The molecule has 8 nitrogen and oxygen atoms in total. The summed E-state index contributed by atoms with van der Waals surface area (Å²) >= 11 is 0. The van der Waals surface area contributed by atoms with Gasteiger partial charge in [0, 0.05) is 6.54 Å². The van der Waals surface area contributed by atoms with E-state index in [1.54, 1.807) is 24.3 Å². The van der Waals surface area contributed by atoms with Crippen LogP contribution in [0.25, 0.3) is 0 Å². The van der Waals surface area contributed by atoms with Gasteiger partial charge in [0.05, 0.1) is 21.9 Å². The van der Waals surface area contributed by atoms with Crippen LogP contribution in [0.2, 0.25) is 0 Å². The number of carbonyl (C=O) groups is 3. The summed E-state index contributed by atoms with van der Waals surface area (Å²) in [4.78, 5) is 38.3. The van der Waals surface area contributed by atoms with Gasteiger partial charge in [0.25, 0.3) is 21.9 Å². The van der Waals surface area contributed by atoms with Crippen LogP contribution in [0.1, 0.15) is 50.0 Å². The standard InChI is InChI=1S/C20H19NO7S/c1-12-3-6-15(7-4-12)28-20(24)14-5-8-16-17(11-14)19(23)21(18(16)22)10-9-13(2)29(25,26)27/h3-8,11,13H,9-10H2,1-2H3,(H,25,26,27). The minimum Gasteiger partial charge on any atom is -0.423 e. The molecule has 29 heavy (non-hydrogen) atoms. The molecule has 0 aliphatic carbocycles. The minimum absolute atomic E-state index is 0.0489. The summed E-state index contributed by atoms with van der Waals surface area (Å²) in [5.74, 6) is -1.52. The van der Waals surface area contributed by atoms with Gasteiger partial charge in [-0.05, 0) is 50.6 Å². The van der Waals surface area contributed by atoms with Crippen molar-refractivity contribution in [2.75, 3.05) is 6.54 Å². The number of nitrogens with zero attached hydrogens (tertiary/aromatic N) is 1. The topological polar surface area (TPSA) is 118 Å². The first-order valence-electron chi connectivity index (χ1n) is 8.83. The van der Waals surface area contributed by atoms with Gasteiger partial charge in [-0.2, -0.15) is 8.42 Å². The maximum atomic E-state index is 12.6. The highest BCUT2D eigenvalue weighted by Crippen LogP contribution is 2.25. The predicted molar refractivity (Wildman–Crippen MR) is 104 cm³/mol. The van der Waals surface area contributed by atoms with Gasteiger partial charge in [-0.25, -0.2) is 4.79 Å². The van der Waals surface area contributed by atoms with E-state index >= 15 is 0 Å². The number of aryl methyl sites for hydroxylation is 1. The summed E-state index contributed by atoms with van der Waals surface area (Å²) in [7, 11) is -4.26. The van der Waals surface area contributed by atoms with Crippen LogP contribution in [0.4, 0.5) is 0 Å². The van der Waals surface area contributed by atoms with Crippen molar-refractivity contribution in [1.82, 2.24) is 4.90 Å². The number of esters is 1. The number of benzene rings is 2. The van der Waals surface area contributed by atoms with Crippen LogP contribution in [-0.2, 0) is 10.1 Å². The Bertz CT molecular complexity index is 1090. The van der Waals surface area contributed by atoms with E-state index in [4.69, 9.17) is 9.29 Å². The zero-order chi connectivity index (χ0) is 21.3. The fourth-order valence-corrected chi connectivity index (χ4v) is 3.26. The molecule has 0 spiro atoms. The Morgan fingerprint density at radius 2 is 1.69 bits per heavy atom. The Kier molecular flexibility index (Phi) is 5.54. The van der Waals surface area contributed by atoms with Gasteiger partial charge in [0.2, 0.25) is 0 Å². The van der Waals surface area contributed by atoms with Crippen LogP contribution >= 0.6 is 0 Å². The lowest BCUT2D eigenvalue weighted by atomic mass is 10.1. The molecule has 1 unspecified atom stereocenters. The molecule has 0 radical (unpaired) electrons. The molecule has 1 aliphatic heterocycles. The van der Waals surface area contributed by atoms with Crippen molar-refractivity contribution in [3.8, 4) is 5.75 Å². The highest BCUT2D eigenvalue weighted by Gasteiger charge is 2.36. The molecule has 1 atom stereocenters. The third kappa shape index (κ3) is 4.36. The first-order valence-corrected chi connectivity index (χ1v) is 10.3. The number of carbonyl (C=O) groups excluding carboxylic acids is 3. The number of hydrogen-bond acceptors (Lipinski definition) is 6. The van der Waals surface area contributed by atoms with E-state index in [1.807, 2.05) is 6.92 Å². The minimum atomic E-state index is -4.26. The van der Waals surface area contributed by atoms with Crippen molar-refractivity contribution in [1.29, 1.82) is 0 Å². The zero-order valence-corrected chi connectivity index (χ0v) is 16.6. The van der Waals surface area contributed by atoms with E-state index in [0.717, 1.165) is 10.5 Å². The van der Waals surface area contributed by atoms with Gasteiger partial charge in [-0.1, -0.05) is 17.7 Å². The molecule has 1 N–H and O–H groups in total. The number of rotatable bonds is 6. The summed E-state index contributed by atoms with van der Waals surface area (Å²) in [6.07, 6.45) is -0.105. The van der Waals surface area contributed by atoms with Crippen molar-refractivity contribution in [3.63, 3.8) is 0 Å². The third-order valence-corrected chi connectivity index (χ3v) is 5.96. The molecule has 0 aromatic heterocycles. The van der Waals surface area contributed by atoms with E-state index in [2.05, 4.69) is 0 Å². The Morgan fingerprint density at radius 1 is 1.07 bits per heavy atom. The van der Waals surface area contributed by atoms with Crippen molar-refractivity contribution >= 4 is 27.9 Å². The van der Waals surface area contributed by atoms with Crippen molar-refractivity contribution in [2.45, 2.75) is 25.5 Å². The molecular formula is C20H19NO7S. The Labute approximate surface area is 167 Å². The molecule has 0 saturated carbocycles. The van der Waals surface area contributed by atoms with Crippen LogP contribution in [-0.4, -0.2) is 47.4 Å². The number of imide groups is 1. The van der Waals surface area contributed by atoms with Gasteiger partial charge in [0.15, 0.2) is 0 Å². The molecule has 2 aromatic rings. The zero-order valence-electron chi connectivity index (χ0n) is 15.8. The third-order valence-electron chi connectivity index (χ3n) is 4.71. The Morgan fingerprint density at radius 3 is 2.31 bits per heavy atom. The molecule has 2 aromatic carbocycles. The normalized spacial score (nSPS) is 14.7. The molecule has 0 bridgehead atoms. The van der Waals surface area contributed by atoms with Crippen molar-refractivity contribution in [3.05, 3.63) is 64.7 Å². The molecule has 9 heteroatoms. The average Bonchev–Trinajstić information content (AvgIpc) is 2.91. The highest BCUT2D eigenvalue weighted by atomic mass is 32.2. The smallest absolute Gasteiger partial charge is 0.343 e. The van der Waals surface area contributed by atoms with Gasteiger partial charge in [0.1, 0.15) is 5.75 Å². The molecule has 0 saturated heterocycles. The lowest BCUT2D eigenvalue weighted by Gasteiger charge is -2.15. The molecule has 1 aliphatic rings. The molecule has 152 valence electrons. The van der Waals surface area contributed by atoms with Crippen LogP contribution in [0.15, 0.2) is 42.5 Å². The second-order valence-corrected chi connectivity index (χ2v) is 8.67. The van der Waals surface area contributed by atoms with E-state index in [0.29, 0.717) is 5.75 Å². The van der Waals surface area contributed by atoms with Gasteiger partial charge in [-0.3, -0.25) is 19.0 Å². The summed E-state index contributed by atoms with van der Waals surface area (Å²) in [6, 6.07) is 10.9. The largest absolute Gasteiger partial charge is 0.423 e. The van der Waals surface area contributed by atoms with Crippen molar-refractivity contribution < 1.29 is 32.1 Å². The van der Waals surface area contributed by atoms with Gasteiger partial charge >= 0.3 is 5.97 Å². The van der Waals surface area contributed by atoms with Gasteiger partial charge < -0.3 is 4.74 Å². The lowest BCUT2D eigenvalue weighted by molar-refractivity contribution is 0.0651. The number of amides is 2. The summed E-state index contributed by atoms with van der Waals surface area (Å²) in [6.45, 7) is 3.01. The maximum absolute atomic E-state index is 12.6. The van der Waals surface area contributed by atoms with Crippen LogP contribution < -0.4 is 4.74 Å². The second-order valence-electron chi connectivity index (χ2n) is 6.84. The molecule has 0 fully saturated rings. The van der Waals surface area contributed by atoms with Gasteiger partial charge in [-0.15, -0.1) is 0 Å². The summed E-state index contributed by atoms with van der Waals surface area (Å²) in [5, 5.41) is -1.12. The Balaban J connectivity index is 1.76. The molecule has 1 heterocycles. The summed E-state index contributed by atoms with van der Waals surface area (Å²) in [5.41, 5.74) is 1.29. The molecular weight excluding hydrogens is 398 g/mol. The molecule has 3 rings (SSSR count). The first-order chi connectivity index (χ1) is 13.6. The second kappa shape index (κ2) is 7.76. The highest BCUT2D eigenvalue weighted by molar-refractivity contribution is 7.86. The monoisotopic (exact) mass is 417 g/mol. The SMILES string of the molecule is Cc1ccc(OC(=O)c2ccc3c(c2)C(=O)N(CCC(C)S(=O)(=O)O)C3=O)cc1. The Hall–Kier alpha value is -3.04.